The zero-order valence-electron chi connectivity index (χ0n) is 11.2. The maximum Gasteiger partial charge on any atom is 0.273 e. The lowest BCUT2D eigenvalue weighted by molar-refractivity contribution is -0.114. The molecule has 0 spiro atoms. The van der Waals surface area contributed by atoms with Gasteiger partial charge in [0.2, 0.25) is 5.91 Å². The van der Waals surface area contributed by atoms with Crippen LogP contribution in [0.3, 0.4) is 0 Å². The first-order valence-corrected chi connectivity index (χ1v) is 7.11. The summed E-state index contributed by atoms with van der Waals surface area (Å²) in [6, 6.07) is 6.94. The van der Waals surface area contributed by atoms with Crippen molar-refractivity contribution in [3.63, 3.8) is 0 Å². The van der Waals surface area contributed by atoms with Gasteiger partial charge in [-0.05, 0) is 24.3 Å². The van der Waals surface area contributed by atoms with Crippen LogP contribution in [0.5, 0.6) is 0 Å². The molecule has 1 aromatic carbocycles. The van der Waals surface area contributed by atoms with Gasteiger partial charge in [-0.3, -0.25) is 14.0 Å². The van der Waals surface area contributed by atoms with Crippen LogP contribution in [0.4, 0.5) is 11.4 Å². The molecule has 0 unspecified atom stereocenters. The van der Waals surface area contributed by atoms with Crippen LogP contribution in [0.15, 0.2) is 42.0 Å². The molecule has 0 saturated carbocycles. The maximum absolute atomic E-state index is 12.2. The third kappa shape index (κ3) is 2.77. The molecule has 21 heavy (non-hydrogen) atoms. The molecule has 3 aromatic rings. The Kier molecular flexibility index (Phi) is 3.41. The molecule has 7 heteroatoms. The Morgan fingerprint density at radius 2 is 1.81 bits per heavy atom. The normalized spacial score (nSPS) is 10.5. The van der Waals surface area contributed by atoms with Crippen LogP contribution in [-0.4, -0.2) is 21.2 Å². The van der Waals surface area contributed by atoms with Crippen LogP contribution in [-0.2, 0) is 4.79 Å². The second kappa shape index (κ2) is 5.37. The number of nitrogens with zero attached hydrogens (tertiary/aromatic N) is 2. The van der Waals surface area contributed by atoms with Gasteiger partial charge in [-0.25, -0.2) is 4.98 Å². The predicted molar refractivity (Wildman–Crippen MR) is 81.8 cm³/mol. The number of nitrogens with one attached hydrogen (secondary N) is 2. The smallest absolute Gasteiger partial charge is 0.273 e. The van der Waals surface area contributed by atoms with E-state index in [2.05, 4.69) is 15.6 Å². The SMILES string of the molecule is CC(=O)Nc1ccc(NC(=O)c2csc3nccn23)cc1. The summed E-state index contributed by atoms with van der Waals surface area (Å²) in [5.41, 5.74) is 1.89. The molecular formula is C14H12N4O2S. The first-order chi connectivity index (χ1) is 10.1. The molecule has 106 valence electrons. The van der Waals surface area contributed by atoms with Gasteiger partial charge in [0.15, 0.2) is 4.96 Å². The molecule has 0 fully saturated rings. The Bertz CT molecular complexity index is 804. The van der Waals surface area contributed by atoms with Gasteiger partial charge < -0.3 is 10.6 Å². The van der Waals surface area contributed by atoms with Crippen molar-refractivity contribution < 1.29 is 9.59 Å². The molecule has 0 aliphatic rings. The lowest BCUT2D eigenvalue weighted by Gasteiger charge is -2.06. The van der Waals surface area contributed by atoms with E-state index in [1.165, 1.54) is 18.3 Å². The molecule has 6 nitrogen and oxygen atoms in total. The molecule has 0 radical (unpaired) electrons. The van der Waals surface area contributed by atoms with E-state index in [4.69, 9.17) is 0 Å². The van der Waals surface area contributed by atoms with Crippen molar-refractivity contribution in [3.05, 3.63) is 47.7 Å². The number of carbonyl (C=O) groups excluding carboxylic acids is 2. The lowest BCUT2D eigenvalue weighted by Crippen LogP contribution is -2.14. The lowest BCUT2D eigenvalue weighted by atomic mass is 10.2. The zero-order valence-corrected chi connectivity index (χ0v) is 12.0. The van der Waals surface area contributed by atoms with E-state index in [1.54, 1.807) is 46.4 Å². The molecule has 0 aliphatic heterocycles. The summed E-state index contributed by atoms with van der Waals surface area (Å²) in [5, 5.41) is 7.25. The van der Waals surface area contributed by atoms with E-state index in [0.717, 1.165) is 4.96 Å². The molecule has 2 amide bonds. The van der Waals surface area contributed by atoms with Crippen molar-refractivity contribution in [2.75, 3.05) is 10.6 Å². The van der Waals surface area contributed by atoms with Crippen molar-refractivity contribution in [3.8, 4) is 0 Å². The number of fused-ring (bicyclic) bond motifs is 1. The van der Waals surface area contributed by atoms with Gasteiger partial charge in [0.25, 0.3) is 5.91 Å². The largest absolute Gasteiger partial charge is 0.326 e. The van der Waals surface area contributed by atoms with Crippen molar-refractivity contribution in [1.29, 1.82) is 0 Å². The highest BCUT2D eigenvalue weighted by Crippen LogP contribution is 2.18. The third-order valence-corrected chi connectivity index (χ3v) is 3.69. The number of imidazole rings is 1. The van der Waals surface area contributed by atoms with Crippen molar-refractivity contribution in [2.45, 2.75) is 6.92 Å². The monoisotopic (exact) mass is 300 g/mol. The minimum absolute atomic E-state index is 0.132. The van der Waals surface area contributed by atoms with Crippen LogP contribution >= 0.6 is 11.3 Å². The zero-order chi connectivity index (χ0) is 14.8. The van der Waals surface area contributed by atoms with Crippen molar-refractivity contribution in [2.24, 2.45) is 0 Å². The molecule has 0 atom stereocenters. The number of aromatic nitrogens is 2. The molecule has 2 N–H and O–H groups in total. The minimum Gasteiger partial charge on any atom is -0.326 e. The first kappa shape index (κ1) is 13.3. The summed E-state index contributed by atoms with van der Waals surface area (Å²) in [4.78, 5) is 28.1. The average Bonchev–Trinajstić information content (AvgIpc) is 3.02. The highest BCUT2D eigenvalue weighted by molar-refractivity contribution is 7.15. The van der Waals surface area contributed by atoms with Gasteiger partial charge in [0.1, 0.15) is 5.69 Å². The molecule has 0 aliphatic carbocycles. The van der Waals surface area contributed by atoms with Gasteiger partial charge in [-0.2, -0.15) is 0 Å². The fraction of sp³-hybridized carbons (Fsp3) is 0.0714. The maximum atomic E-state index is 12.2. The summed E-state index contributed by atoms with van der Waals surface area (Å²) >= 11 is 1.41. The van der Waals surface area contributed by atoms with Crippen LogP contribution in [0.1, 0.15) is 17.4 Å². The molecule has 2 heterocycles. The van der Waals surface area contributed by atoms with E-state index < -0.39 is 0 Å². The summed E-state index contributed by atoms with van der Waals surface area (Å²) < 4.78 is 1.74. The van der Waals surface area contributed by atoms with Crippen molar-refractivity contribution in [1.82, 2.24) is 9.38 Å². The van der Waals surface area contributed by atoms with Gasteiger partial charge in [-0.15, -0.1) is 11.3 Å². The van der Waals surface area contributed by atoms with E-state index in [-0.39, 0.29) is 11.8 Å². The van der Waals surface area contributed by atoms with Gasteiger partial charge in [-0.1, -0.05) is 0 Å². The van der Waals surface area contributed by atoms with Crippen LogP contribution < -0.4 is 10.6 Å². The number of benzene rings is 1. The van der Waals surface area contributed by atoms with E-state index >= 15 is 0 Å². The Morgan fingerprint density at radius 1 is 1.14 bits per heavy atom. The Labute approximate surface area is 124 Å². The Hall–Kier alpha value is -2.67. The molecular weight excluding hydrogens is 288 g/mol. The van der Waals surface area contributed by atoms with E-state index in [0.29, 0.717) is 17.1 Å². The van der Waals surface area contributed by atoms with Crippen LogP contribution in [0.2, 0.25) is 0 Å². The fourth-order valence-corrected chi connectivity index (χ4v) is 2.76. The summed E-state index contributed by atoms with van der Waals surface area (Å²) in [5.74, 6) is -0.334. The number of rotatable bonds is 3. The number of amides is 2. The highest BCUT2D eigenvalue weighted by atomic mass is 32.1. The number of anilines is 2. The second-order valence-electron chi connectivity index (χ2n) is 4.41. The molecule has 0 bridgehead atoms. The van der Waals surface area contributed by atoms with E-state index in [9.17, 15) is 9.59 Å². The van der Waals surface area contributed by atoms with E-state index in [1.807, 2.05) is 0 Å². The average molecular weight is 300 g/mol. The third-order valence-electron chi connectivity index (χ3n) is 2.84. The second-order valence-corrected chi connectivity index (χ2v) is 5.25. The first-order valence-electron chi connectivity index (χ1n) is 6.23. The van der Waals surface area contributed by atoms with Gasteiger partial charge >= 0.3 is 0 Å². The summed E-state index contributed by atoms with van der Waals surface area (Å²) in [7, 11) is 0. The number of hydrogen-bond acceptors (Lipinski definition) is 4. The number of hydrogen-bond donors (Lipinski definition) is 2. The van der Waals surface area contributed by atoms with Crippen molar-refractivity contribution >= 4 is 39.5 Å². The topological polar surface area (TPSA) is 75.5 Å². The predicted octanol–water partition coefficient (Wildman–Crippen LogP) is 2.61. The quantitative estimate of drug-likeness (QED) is 0.780. The fourth-order valence-electron chi connectivity index (χ4n) is 1.92. The minimum atomic E-state index is -0.202. The number of carbonyl (C=O) groups is 2. The van der Waals surface area contributed by atoms with Crippen LogP contribution in [0.25, 0.3) is 4.96 Å². The summed E-state index contributed by atoms with van der Waals surface area (Å²) in [6.07, 6.45) is 3.41. The Morgan fingerprint density at radius 3 is 2.48 bits per heavy atom. The van der Waals surface area contributed by atoms with Crippen LogP contribution in [0, 0.1) is 0 Å². The number of thiazole rings is 1. The molecule has 3 rings (SSSR count). The molecule has 2 aromatic heterocycles. The molecule has 0 saturated heterocycles. The van der Waals surface area contributed by atoms with Gasteiger partial charge in [0, 0.05) is 36.1 Å². The Balaban J connectivity index is 1.75. The standard InChI is InChI=1S/C14H12N4O2S/c1-9(19)16-10-2-4-11(5-3-10)17-13(20)12-8-21-14-15-6-7-18(12)14/h2-8H,1H3,(H,16,19)(H,17,20). The highest BCUT2D eigenvalue weighted by Gasteiger charge is 2.12. The van der Waals surface area contributed by atoms with Gasteiger partial charge in [0.05, 0.1) is 0 Å². The summed E-state index contributed by atoms with van der Waals surface area (Å²) in [6.45, 7) is 1.45.